The molecule has 0 saturated carbocycles. The minimum atomic E-state index is -0.581. The Hall–Kier alpha value is -2.51. The predicted octanol–water partition coefficient (Wildman–Crippen LogP) is 0.838. The van der Waals surface area contributed by atoms with Crippen molar-refractivity contribution in [1.82, 2.24) is 24.7 Å². The average molecular weight is 276 g/mol. The normalized spacial score (nSPS) is 10.3. The van der Waals surface area contributed by atoms with Gasteiger partial charge in [0.1, 0.15) is 18.5 Å². The van der Waals surface area contributed by atoms with E-state index in [1.54, 1.807) is 0 Å². The minimum absolute atomic E-state index is 0.00170. The number of hydrogen-bond donors (Lipinski definition) is 1. The molecule has 0 aliphatic carbocycles. The second-order valence-electron chi connectivity index (χ2n) is 3.91. The van der Waals surface area contributed by atoms with Crippen LogP contribution in [0.3, 0.4) is 0 Å². The Labute approximate surface area is 116 Å². The van der Waals surface area contributed by atoms with Crippen LogP contribution in [0.2, 0.25) is 0 Å². The Bertz CT molecular complexity index is 610. The summed E-state index contributed by atoms with van der Waals surface area (Å²) < 4.78 is 6.03. The van der Waals surface area contributed by atoms with Crippen LogP contribution in [-0.4, -0.2) is 44.4 Å². The fraction of sp³-hybridized carbons (Fsp3) is 0.417. The number of nitrogens with zero attached hydrogens (tertiary/aromatic N) is 5. The number of carbonyl (C=O) groups is 1. The van der Waals surface area contributed by atoms with Crippen molar-refractivity contribution in [2.75, 3.05) is 19.0 Å². The van der Waals surface area contributed by atoms with E-state index >= 15 is 0 Å². The zero-order chi connectivity index (χ0) is 14.5. The molecule has 2 heterocycles. The molecule has 106 valence electrons. The van der Waals surface area contributed by atoms with Gasteiger partial charge in [-0.2, -0.15) is 0 Å². The third kappa shape index (κ3) is 2.58. The molecule has 0 aliphatic heterocycles. The SMILES string of the molecule is CCNc1ncnc(-n2cnc(C(=O)OC)n2)c1CC. The molecule has 0 aliphatic rings. The average Bonchev–Trinajstić information content (AvgIpc) is 2.96. The van der Waals surface area contributed by atoms with Gasteiger partial charge in [-0.25, -0.2) is 24.4 Å². The summed E-state index contributed by atoms with van der Waals surface area (Å²) in [4.78, 5) is 23.7. The zero-order valence-corrected chi connectivity index (χ0v) is 11.6. The van der Waals surface area contributed by atoms with E-state index < -0.39 is 5.97 Å². The van der Waals surface area contributed by atoms with Crippen molar-refractivity contribution in [1.29, 1.82) is 0 Å². The van der Waals surface area contributed by atoms with Gasteiger partial charge in [0.05, 0.1) is 7.11 Å². The predicted molar refractivity (Wildman–Crippen MR) is 71.8 cm³/mol. The van der Waals surface area contributed by atoms with Crippen LogP contribution < -0.4 is 5.32 Å². The number of carbonyl (C=O) groups excluding carboxylic acids is 1. The maximum absolute atomic E-state index is 11.4. The van der Waals surface area contributed by atoms with Crippen molar-refractivity contribution in [2.24, 2.45) is 0 Å². The number of anilines is 1. The monoisotopic (exact) mass is 276 g/mol. The Morgan fingerprint density at radius 2 is 2.15 bits per heavy atom. The summed E-state index contributed by atoms with van der Waals surface area (Å²) in [5.74, 6) is 0.775. The third-order valence-electron chi connectivity index (χ3n) is 2.70. The number of aromatic nitrogens is 5. The van der Waals surface area contributed by atoms with Gasteiger partial charge in [0.25, 0.3) is 5.82 Å². The molecule has 0 unspecified atom stereocenters. The van der Waals surface area contributed by atoms with Crippen molar-refractivity contribution in [2.45, 2.75) is 20.3 Å². The highest BCUT2D eigenvalue weighted by atomic mass is 16.5. The highest BCUT2D eigenvalue weighted by Gasteiger charge is 2.16. The lowest BCUT2D eigenvalue weighted by molar-refractivity contribution is 0.0587. The quantitative estimate of drug-likeness (QED) is 0.808. The minimum Gasteiger partial charge on any atom is -0.463 e. The van der Waals surface area contributed by atoms with Crippen LogP contribution in [0.5, 0.6) is 0 Å². The van der Waals surface area contributed by atoms with Gasteiger partial charge in [-0.1, -0.05) is 6.92 Å². The molecular formula is C12H16N6O2. The fourth-order valence-corrected chi connectivity index (χ4v) is 1.80. The molecule has 2 aromatic rings. The largest absolute Gasteiger partial charge is 0.463 e. The molecule has 0 saturated heterocycles. The molecular weight excluding hydrogens is 260 g/mol. The maximum atomic E-state index is 11.4. The Kier molecular flexibility index (Phi) is 4.24. The number of methoxy groups -OCH3 is 1. The van der Waals surface area contributed by atoms with E-state index in [-0.39, 0.29) is 5.82 Å². The molecule has 20 heavy (non-hydrogen) atoms. The molecule has 0 amide bonds. The second-order valence-corrected chi connectivity index (χ2v) is 3.91. The maximum Gasteiger partial charge on any atom is 0.377 e. The summed E-state index contributed by atoms with van der Waals surface area (Å²) in [6.07, 6.45) is 3.61. The number of esters is 1. The Balaban J connectivity index is 2.44. The molecule has 0 bridgehead atoms. The summed E-state index contributed by atoms with van der Waals surface area (Å²) in [5.41, 5.74) is 0.913. The lowest BCUT2D eigenvalue weighted by Crippen LogP contribution is -2.11. The Morgan fingerprint density at radius 3 is 2.80 bits per heavy atom. The molecule has 1 N–H and O–H groups in total. The van der Waals surface area contributed by atoms with E-state index in [1.165, 1.54) is 24.4 Å². The van der Waals surface area contributed by atoms with Crippen LogP contribution in [0.1, 0.15) is 30.0 Å². The van der Waals surface area contributed by atoms with Gasteiger partial charge >= 0.3 is 5.97 Å². The van der Waals surface area contributed by atoms with E-state index in [0.717, 1.165) is 24.3 Å². The van der Waals surface area contributed by atoms with Crippen molar-refractivity contribution < 1.29 is 9.53 Å². The fourth-order valence-electron chi connectivity index (χ4n) is 1.80. The lowest BCUT2D eigenvalue weighted by atomic mass is 10.2. The van der Waals surface area contributed by atoms with E-state index in [2.05, 4.69) is 30.1 Å². The van der Waals surface area contributed by atoms with E-state index in [1.807, 2.05) is 13.8 Å². The first-order chi connectivity index (χ1) is 9.71. The molecule has 0 aromatic carbocycles. The summed E-state index contributed by atoms with van der Waals surface area (Å²) in [6, 6.07) is 0. The van der Waals surface area contributed by atoms with Crippen LogP contribution in [0, 0.1) is 0 Å². The smallest absolute Gasteiger partial charge is 0.377 e. The van der Waals surface area contributed by atoms with Gasteiger partial charge in [0.2, 0.25) is 0 Å². The van der Waals surface area contributed by atoms with Gasteiger partial charge in [0, 0.05) is 12.1 Å². The first kappa shape index (κ1) is 13.9. The van der Waals surface area contributed by atoms with Crippen LogP contribution in [0.25, 0.3) is 5.82 Å². The molecule has 8 nitrogen and oxygen atoms in total. The van der Waals surface area contributed by atoms with E-state index in [4.69, 9.17) is 0 Å². The highest BCUT2D eigenvalue weighted by molar-refractivity contribution is 5.84. The first-order valence-electron chi connectivity index (χ1n) is 6.29. The molecule has 0 spiro atoms. The summed E-state index contributed by atoms with van der Waals surface area (Å²) in [5, 5.41) is 7.25. The van der Waals surface area contributed by atoms with E-state index in [0.29, 0.717) is 5.82 Å². The van der Waals surface area contributed by atoms with Gasteiger partial charge in [-0.15, -0.1) is 5.10 Å². The topological polar surface area (TPSA) is 94.8 Å². The summed E-state index contributed by atoms with van der Waals surface area (Å²) in [6.45, 7) is 4.75. The van der Waals surface area contributed by atoms with Crippen LogP contribution in [0.15, 0.2) is 12.7 Å². The van der Waals surface area contributed by atoms with Crippen LogP contribution in [-0.2, 0) is 11.2 Å². The molecule has 0 radical (unpaired) electrons. The lowest BCUT2D eigenvalue weighted by Gasteiger charge is -2.11. The number of hydrogen-bond acceptors (Lipinski definition) is 7. The molecule has 2 aromatic heterocycles. The summed E-state index contributed by atoms with van der Waals surface area (Å²) >= 11 is 0. The van der Waals surface area contributed by atoms with Crippen molar-refractivity contribution >= 4 is 11.8 Å². The molecule has 0 atom stereocenters. The van der Waals surface area contributed by atoms with Gasteiger partial charge in [-0.05, 0) is 13.3 Å². The van der Waals surface area contributed by atoms with E-state index in [9.17, 15) is 4.79 Å². The standard InChI is InChI=1S/C12H16N6O2/c1-4-8-9(13-5-2)14-6-15-11(8)18-7-16-10(17-18)12(19)20-3/h6-7H,4-5H2,1-3H3,(H,13,14,15). The molecule has 8 heteroatoms. The van der Waals surface area contributed by atoms with Crippen molar-refractivity contribution in [3.05, 3.63) is 24.0 Å². The molecule has 2 rings (SSSR count). The summed E-state index contributed by atoms with van der Waals surface area (Å²) in [7, 11) is 1.29. The van der Waals surface area contributed by atoms with Crippen LogP contribution in [0.4, 0.5) is 5.82 Å². The second kappa shape index (κ2) is 6.09. The first-order valence-corrected chi connectivity index (χ1v) is 6.29. The van der Waals surface area contributed by atoms with Crippen molar-refractivity contribution in [3.63, 3.8) is 0 Å². The van der Waals surface area contributed by atoms with Crippen molar-refractivity contribution in [3.8, 4) is 5.82 Å². The van der Waals surface area contributed by atoms with Crippen LogP contribution >= 0.6 is 0 Å². The zero-order valence-electron chi connectivity index (χ0n) is 11.6. The Morgan fingerprint density at radius 1 is 1.35 bits per heavy atom. The third-order valence-corrected chi connectivity index (χ3v) is 2.70. The highest BCUT2D eigenvalue weighted by Crippen LogP contribution is 2.18. The number of nitrogens with one attached hydrogen (secondary N) is 1. The van der Waals surface area contributed by atoms with Gasteiger partial charge < -0.3 is 10.1 Å². The van der Waals surface area contributed by atoms with Gasteiger partial charge in [0.15, 0.2) is 5.82 Å². The number of ether oxygens (including phenoxy) is 1. The molecule has 0 fully saturated rings. The van der Waals surface area contributed by atoms with Gasteiger partial charge in [-0.3, -0.25) is 0 Å². The number of rotatable bonds is 5.